The highest BCUT2D eigenvalue weighted by molar-refractivity contribution is 6.30. The van der Waals surface area contributed by atoms with Gasteiger partial charge in [-0.25, -0.2) is 9.07 Å². The number of aliphatic hydroxyl groups excluding tert-OH is 1. The molecule has 0 bridgehead atoms. The zero-order valence-electron chi connectivity index (χ0n) is 21.2. The van der Waals surface area contributed by atoms with Crippen LogP contribution in [0, 0.1) is 5.82 Å². The highest BCUT2D eigenvalue weighted by atomic mass is 35.5. The Morgan fingerprint density at radius 1 is 1.05 bits per heavy atom. The first kappa shape index (κ1) is 27.0. The van der Waals surface area contributed by atoms with E-state index in [-0.39, 0.29) is 24.8 Å². The van der Waals surface area contributed by atoms with E-state index in [9.17, 15) is 14.3 Å². The summed E-state index contributed by atoms with van der Waals surface area (Å²) in [5.74, 6) is 0.187. The lowest BCUT2D eigenvalue weighted by atomic mass is 10.0. The average molecular weight is 564 g/mol. The lowest BCUT2D eigenvalue weighted by Gasteiger charge is -2.14. The number of benzene rings is 3. The summed E-state index contributed by atoms with van der Waals surface area (Å²) in [6.45, 7) is -0.137. The fraction of sp³-hybridized carbons (Fsp3) is 0.143. The Hall–Kier alpha value is -4.58. The predicted molar refractivity (Wildman–Crippen MR) is 145 cm³/mol. The van der Waals surface area contributed by atoms with Gasteiger partial charge in [-0.3, -0.25) is 4.79 Å². The molecule has 5 aromatic rings. The Balaban J connectivity index is 1.53. The van der Waals surface area contributed by atoms with Gasteiger partial charge in [0.25, 0.3) is 0 Å². The number of halogens is 2. The maximum atomic E-state index is 13.8. The Labute approximate surface area is 232 Å². The highest BCUT2D eigenvalue weighted by Crippen LogP contribution is 2.33. The normalized spacial score (nSPS) is 11.0. The van der Waals surface area contributed by atoms with Crippen LogP contribution in [0.1, 0.15) is 5.69 Å². The van der Waals surface area contributed by atoms with Gasteiger partial charge in [-0.1, -0.05) is 28.9 Å². The first-order valence-corrected chi connectivity index (χ1v) is 12.4. The molecule has 12 heteroatoms. The van der Waals surface area contributed by atoms with Crippen molar-refractivity contribution in [3.8, 4) is 39.8 Å². The summed E-state index contributed by atoms with van der Waals surface area (Å²) in [7, 11) is 1.48. The molecule has 2 heterocycles. The third kappa shape index (κ3) is 5.86. The second-order valence-electron chi connectivity index (χ2n) is 8.50. The molecule has 0 saturated carbocycles. The van der Waals surface area contributed by atoms with Crippen molar-refractivity contribution in [3.63, 3.8) is 0 Å². The van der Waals surface area contributed by atoms with Gasteiger partial charge in [0.05, 0.1) is 23.8 Å². The maximum Gasteiger partial charge on any atom is 0.316 e. The number of nitrogens with zero attached hydrogens (tertiary/aromatic N) is 5. The summed E-state index contributed by atoms with van der Waals surface area (Å²) < 4.78 is 33.0. The van der Waals surface area contributed by atoms with Gasteiger partial charge >= 0.3 is 5.56 Å². The molecule has 0 saturated heterocycles. The minimum Gasteiger partial charge on any atom is -0.467 e. The molecule has 1 N–H and O–H groups in total. The molecule has 40 heavy (non-hydrogen) atoms. The van der Waals surface area contributed by atoms with E-state index in [0.717, 1.165) is 5.56 Å². The summed E-state index contributed by atoms with van der Waals surface area (Å²) in [4.78, 5) is 13.6. The molecule has 10 nitrogen and oxygen atoms in total. The molecule has 5 rings (SSSR count). The third-order valence-corrected chi connectivity index (χ3v) is 6.05. The minimum atomic E-state index is -0.545. The zero-order chi connectivity index (χ0) is 28.1. The van der Waals surface area contributed by atoms with Crippen molar-refractivity contribution in [1.29, 1.82) is 0 Å². The minimum absolute atomic E-state index is 0.0370. The molecule has 0 aliphatic rings. The topological polar surface area (TPSA) is 114 Å². The first-order valence-electron chi connectivity index (χ1n) is 12.1. The van der Waals surface area contributed by atoms with E-state index < -0.39 is 11.4 Å². The van der Waals surface area contributed by atoms with Crippen LogP contribution >= 0.6 is 11.6 Å². The Bertz CT molecular complexity index is 1670. The van der Waals surface area contributed by atoms with Crippen molar-refractivity contribution in [2.75, 3.05) is 20.5 Å². The average Bonchev–Trinajstić information content (AvgIpc) is 3.43. The second-order valence-corrected chi connectivity index (χ2v) is 8.93. The molecule has 204 valence electrons. The van der Waals surface area contributed by atoms with Crippen LogP contribution in [0.4, 0.5) is 4.39 Å². The van der Waals surface area contributed by atoms with E-state index in [4.69, 9.17) is 25.8 Å². The summed E-state index contributed by atoms with van der Waals surface area (Å²) in [5.41, 5.74) is 2.11. The van der Waals surface area contributed by atoms with Gasteiger partial charge in [0.15, 0.2) is 6.79 Å². The zero-order valence-corrected chi connectivity index (χ0v) is 22.0. The van der Waals surface area contributed by atoms with Crippen molar-refractivity contribution < 1.29 is 23.7 Å². The highest BCUT2D eigenvalue weighted by Gasteiger charge is 2.19. The van der Waals surface area contributed by atoms with Gasteiger partial charge < -0.3 is 19.3 Å². The Morgan fingerprint density at radius 3 is 2.55 bits per heavy atom. The fourth-order valence-electron chi connectivity index (χ4n) is 3.90. The SMILES string of the molecule is COCOc1cc(F)ccc1-c1ccc(Oc2c(-n3cc(CCO)nn3)cnn(-c3ccc(Cl)cc3)c2=O)cc1. The molecule has 3 aromatic carbocycles. The molecule has 2 aromatic heterocycles. The van der Waals surface area contributed by atoms with Gasteiger partial charge in [0, 0.05) is 36.8 Å². The van der Waals surface area contributed by atoms with Crippen LogP contribution in [0.25, 0.3) is 22.5 Å². The number of aliphatic hydroxyl groups is 1. The van der Waals surface area contributed by atoms with Gasteiger partial charge in [-0.05, 0) is 54.1 Å². The molecule has 0 spiro atoms. The predicted octanol–water partition coefficient (Wildman–Crippen LogP) is 4.58. The number of methoxy groups -OCH3 is 1. The van der Waals surface area contributed by atoms with E-state index in [1.165, 1.54) is 34.8 Å². The standard InChI is InChI=1S/C28H23ClFN5O5/c1-38-17-39-26-14-20(30)6-11-24(26)18-2-9-23(10-3-18)40-27-25(34-16-21(12-13-36)32-33-34)15-31-35(28(27)37)22-7-4-19(29)5-8-22/h2-11,14-16,36H,12-13,17H2,1H3. The maximum absolute atomic E-state index is 13.8. The summed E-state index contributed by atoms with van der Waals surface area (Å²) in [6, 6.07) is 17.7. The molecule has 0 unspecified atom stereocenters. The number of hydrogen-bond acceptors (Lipinski definition) is 8. The summed E-state index contributed by atoms with van der Waals surface area (Å²) >= 11 is 6.01. The van der Waals surface area contributed by atoms with Crippen molar-refractivity contribution in [3.05, 3.63) is 106 Å². The largest absolute Gasteiger partial charge is 0.467 e. The molecular formula is C28H23ClFN5O5. The summed E-state index contributed by atoms with van der Waals surface area (Å²) in [5, 5.41) is 22.2. The lowest BCUT2D eigenvalue weighted by molar-refractivity contribution is 0.0513. The number of rotatable bonds is 10. The van der Waals surface area contributed by atoms with Crippen LogP contribution < -0.4 is 15.0 Å². The van der Waals surface area contributed by atoms with E-state index >= 15 is 0 Å². The third-order valence-electron chi connectivity index (χ3n) is 5.80. The lowest BCUT2D eigenvalue weighted by Crippen LogP contribution is -2.24. The van der Waals surface area contributed by atoms with Crippen molar-refractivity contribution >= 4 is 11.6 Å². The number of ether oxygens (including phenoxy) is 3. The quantitative estimate of drug-likeness (QED) is 0.246. The van der Waals surface area contributed by atoms with Crippen molar-refractivity contribution in [2.24, 2.45) is 0 Å². The molecule has 0 atom stereocenters. The number of aromatic nitrogens is 5. The van der Waals surface area contributed by atoms with E-state index in [0.29, 0.717) is 39.9 Å². The number of hydrogen-bond donors (Lipinski definition) is 1. The van der Waals surface area contributed by atoms with E-state index in [2.05, 4.69) is 15.4 Å². The first-order chi connectivity index (χ1) is 19.5. The smallest absolute Gasteiger partial charge is 0.316 e. The van der Waals surface area contributed by atoms with Crippen LogP contribution in [0.2, 0.25) is 5.02 Å². The van der Waals surface area contributed by atoms with Crippen LogP contribution in [0.3, 0.4) is 0 Å². The van der Waals surface area contributed by atoms with Gasteiger partial charge in [0.2, 0.25) is 5.75 Å². The Morgan fingerprint density at radius 2 is 1.82 bits per heavy atom. The van der Waals surface area contributed by atoms with Crippen LogP contribution in [0.5, 0.6) is 17.2 Å². The second kappa shape index (κ2) is 12.1. The van der Waals surface area contributed by atoms with E-state index in [1.54, 1.807) is 60.8 Å². The molecule has 0 amide bonds. The molecule has 0 aliphatic heterocycles. The van der Waals surface area contributed by atoms with Gasteiger partial charge in [0.1, 0.15) is 23.0 Å². The van der Waals surface area contributed by atoms with Crippen LogP contribution in [0.15, 0.2) is 83.9 Å². The van der Waals surface area contributed by atoms with Crippen LogP contribution in [-0.4, -0.2) is 50.4 Å². The molecule has 0 fully saturated rings. The van der Waals surface area contributed by atoms with Crippen molar-refractivity contribution in [1.82, 2.24) is 24.8 Å². The van der Waals surface area contributed by atoms with E-state index in [1.807, 2.05) is 0 Å². The Kier molecular flexibility index (Phi) is 8.15. The van der Waals surface area contributed by atoms with Gasteiger partial charge in [-0.15, -0.1) is 5.10 Å². The molecule has 0 radical (unpaired) electrons. The molecular weight excluding hydrogens is 541 g/mol. The van der Waals surface area contributed by atoms with Crippen molar-refractivity contribution in [2.45, 2.75) is 6.42 Å². The van der Waals surface area contributed by atoms with Gasteiger partial charge in [-0.2, -0.15) is 9.78 Å². The molecule has 0 aliphatic carbocycles. The monoisotopic (exact) mass is 563 g/mol. The fourth-order valence-corrected chi connectivity index (χ4v) is 4.02. The van der Waals surface area contributed by atoms with Crippen LogP contribution in [-0.2, 0) is 11.2 Å². The summed E-state index contributed by atoms with van der Waals surface area (Å²) in [6.07, 6.45) is 3.33.